The first kappa shape index (κ1) is 11.9. The van der Waals surface area contributed by atoms with Crippen LogP contribution in [-0.2, 0) is 6.42 Å². The lowest BCUT2D eigenvalue weighted by Crippen LogP contribution is -1.99. The van der Waals surface area contributed by atoms with Gasteiger partial charge in [0.15, 0.2) is 0 Å². The quantitative estimate of drug-likeness (QED) is 0.847. The fourth-order valence-corrected chi connectivity index (χ4v) is 1.97. The molecule has 17 heavy (non-hydrogen) atoms. The maximum absolute atomic E-state index is 10.3. The average molecular weight is 226 g/mol. The Bertz CT molecular complexity index is 485. The minimum absolute atomic E-state index is 0.527. The SMILES string of the molecule is CCc1ccc([C@H](O)c2cccc(C)c2)cc1. The summed E-state index contributed by atoms with van der Waals surface area (Å²) >= 11 is 0. The molecule has 1 atom stereocenters. The number of hydrogen-bond donors (Lipinski definition) is 1. The van der Waals surface area contributed by atoms with Gasteiger partial charge in [0.25, 0.3) is 0 Å². The summed E-state index contributed by atoms with van der Waals surface area (Å²) < 4.78 is 0. The van der Waals surface area contributed by atoms with Crippen molar-refractivity contribution in [1.29, 1.82) is 0 Å². The van der Waals surface area contributed by atoms with Gasteiger partial charge in [0, 0.05) is 0 Å². The molecule has 2 rings (SSSR count). The van der Waals surface area contributed by atoms with Crippen LogP contribution in [0.3, 0.4) is 0 Å². The van der Waals surface area contributed by atoms with Crippen molar-refractivity contribution in [3.63, 3.8) is 0 Å². The summed E-state index contributed by atoms with van der Waals surface area (Å²) in [5, 5.41) is 10.3. The number of aliphatic hydroxyl groups is 1. The van der Waals surface area contributed by atoms with Crippen molar-refractivity contribution in [2.45, 2.75) is 26.4 Å². The minimum atomic E-state index is -0.527. The summed E-state index contributed by atoms with van der Waals surface area (Å²) in [7, 11) is 0. The van der Waals surface area contributed by atoms with E-state index < -0.39 is 6.10 Å². The van der Waals surface area contributed by atoms with Gasteiger partial charge >= 0.3 is 0 Å². The molecule has 0 saturated heterocycles. The molecule has 0 spiro atoms. The smallest absolute Gasteiger partial charge is 0.104 e. The van der Waals surface area contributed by atoms with Crippen LogP contribution in [0.4, 0.5) is 0 Å². The Morgan fingerprint density at radius 1 is 1.00 bits per heavy atom. The topological polar surface area (TPSA) is 20.2 Å². The highest BCUT2D eigenvalue weighted by Gasteiger charge is 2.09. The Labute approximate surface area is 103 Å². The van der Waals surface area contributed by atoms with E-state index in [2.05, 4.69) is 19.1 Å². The van der Waals surface area contributed by atoms with Gasteiger partial charge < -0.3 is 5.11 Å². The highest BCUT2D eigenvalue weighted by Crippen LogP contribution is 2.22. The standard InChI is InChI=1S/C16H18O/c1-3-13-7-9-14(10-8-13)16(17)15-6-4-5-12(2)11-15/h4-11,16-17H,3H2,1-2H3/t16-/m0/s1. The maximum atomic E-state index is 10.3. The first-order chi connectivity index (χ1) is 8.20. The molecule has 2 aromatic rings. The molecule has 0 aliphatic rings. The lowest BCUT2D eigenvalue weighted by atomic mass is 9.99. The molecule has 0 bridgehead atoms. The van der Waals surface area contributed by atoms with Gasteiger partial charge in [0.2, 0.25) is 0 Å². The second kappa shape index (κ2) is 5.15. The summed E-state index contributed by atoms with van der Waals surface area (Å²) in [6.07, 6.45) is 0.502. The Morgan fingerprint density at radius 2 is 1.71 bits per heavy atom. The van der Waals surface area contributed by atoms with Crippen LogP contribution in [0, 0.1) is 6.92 Å². The van der Waals surface area contributed by atoms with Gasteiger partial charge in [0.1, 0.15) is 6.10 Å². The van der Waals surface area contributed by atoms with E-state index in [1.165, 1.54) is 11.1 Å². The van der Waals surface area contributed by atoms with Crippen LogP contribution in [0.2, 0.25) is 0 Å². The van der Waals surface area contributed by atoms with E-state index in [0.717, 1.165) is 17.5 Å². The predicted octanol–water partition coefficient (Wildman–Crippen LogP) is 3.64. The molecular formula is C16H18O. The van der Waals surface area contributed by atoms with Crippen molar-refractivity contribution in [1.82, 2.24) is 0 Å². The van der Waals surface area contributed by atoms with E-state index in [9.17, 15) is 5.11 Å². The molecular weight excluding hydrogens is 208 g/mol. The van der Waals surface area contributed by atoms with Gasteiger partial charge in [-0.25, -0.2) is 0 Å². The first-order valence-corrected chi connectivity index (χ1v) is 6.04. The number of aliphatic hydroxyl groups excluding tert-OH is 1. The molecule has 88 valence electrons. The molecule has 0 aliphatic heterocycles. The van der Waals surface area contributed by atoms with E-state index in [-0.39, 0.29) is 0 Å². The molecule has 2 aromatic carbocycles. The third-order valence-electron chi connectivity index (χ3n) is 3.06. The number of hydrogen-bond acceptors (Lipinski definition) is 1. The lowest BCUT2D eigenvalue weighted by molar-refractivity contribution is 0.220. The molecule has 0 radical (unpaired) electrons. The number of benzene rings is 2. The molecule has 0 fully saturated rings. The Morgan fingerprint density at radius 3 is 2.29 bits per heavy atom. The van der Waals surface area contributed by atoms with Crippen LogP contribution in [0.5, 0.6) is 0 Å². The third kappa shape index (κ3) is 2.75. The molecule has 1 heteroatoms. The summed E-state index contributed by atoms with van der Waals surface area (Å²) in [4.78, 5) is 0. The zero-order valence-corrected chi connectivity index (χ0v) is 10.4. The highest BCUT2D eigenvalue weighted by atomic mass is 16.3. The van der Waals surface area contributed by atoms with Crippen molar-refractivity contribution in [2.24, 2.45) is 0 Å². The Kier molecular flexibility index (Phi) is 3.60. The molecule has 0 aromatic heterocycles. The van der Waals surface area contributed by atoms with Crippen LogP contribution in [0.25, 0.3) is 0 Å². The normalized spacial score (nSPS) is 12.4. The molecule has 1 nitrogen and oxygen atoms in total. The predicted molar refractivity (Wildman–Crippen MR) is 71.1 cm³/mol. The van der Waals surface area contributed by atoms with E-state index in [1.54, 1.807) is 0 Å². The Balaban J connectivity index is 2.27. The molecule has 0 amide bonds. The largest absolute Gasteiger partial charge is 0.384 e. The van der Waals surface area contributed by atoms with Gasteiger partial charge in [-0.05, 0) is 30.0 Å². The van der Waals surface area contributed by atoms with Crippen molar-refractivity contribution in [2.75, 3.05) is 0 Å². The molecule has 0 unspecified atom stereocenters. The highest BCUT2D eigenvalue weighted by molar-refractivity contribution is 5.33. The van der Waals surface area contributed by atoms with E-state index in [0.29, 0.717) is 0 Å². The van der Waals surface area contributed by atoms with Crippen LogP contribution in [-0.4, -0.2) is 5.11 Å². The summed E-state index contributed by atoms with van der Waals surface area (Å²) in [5.41, 5.74) is 4.37. The van der Waals surface area contributed by atoms with Crippen molar-refractivity contribution < 1.29 is 5.11 Å². The average Bonchev–Trinajstić information content (AvgIpc) is 2.38. The number of aryl methyl sites for hydroxylation is 2. The number of rotatable bonds is 3. The maximum Gasteiger partial charge on any atom is 0.104 e. The van der Waals surface area contributed by atoms with Gasteiger partial charge in [-0.1, -0.05) is 61.0 Å². The summed E-state index contributed by atoms with van der Waals surface area (Å²) in [6, 6.07) is 16.2. The Hall–Kier alpha value is -1.60. The zero-order valence-electron chi connectivity index (χ0n) is 10.4. The molecule has 0 saturated carbocycles. The molecule has 1 N–H and O–H groups in total. The zero-order chi connectivity index (χ0) is 12.3. The van der Waals surface area contributed by atoms with Crippen LogP contribution in [0.1, 0.15) is 35.3 Å². The fourth-order valence-electron chi connectivity index (χ4n) is 1.97. The van der Waals surface area contributed by atoms with Gasteiger partial charge in [0.05, 0.1) is 0 Å². The first-order valence-electron chi connectivity index (χ1n) is 6.04. The lowest BCUT2D eigenvalue weighted by Gasteiger charge is -2.12. The monoisotopic (exact) mass is 226 g/mol. The second-order valence-corrected chi connectivity index (χ2v) is 4.41. The second-order valence-electron chi connectivity index (χ2n) is 4.41. The van der Waals surface area contributed by atoms with Crippen molar-refractivity contribution in [3.05, 3.63) is 70.8 Å². The van der Waals surface area contributed by atoms with Crippen molar-refractivity contribution in [3.8, 4) is 0 Å². The van der Waals surface area contributed by atoms with Gasteiger partial charge in [-0.3, -0.25) is 0 Å². The van der Waals surface area contributed by atoms with Crippen molar-refractivity contribution >= 4 is 0 Å². The summed E-state index contributed by atoms with van der Waals surface area (Å²) in [5.74, 6) is 0. The van der Waals surface area contributed by atoms with Crippen LogP contribution < -0.4 is 0 Å². The van der Waals surface area contributed by atoms with Gasteiger partial charge in [-0.15, -0.1) is 0 Å². The van der Waals surface area contributed by atoms with E-state index >= 15 is 0 Å². The molecule has 0 aliphatic carbocycles. The van der Waals surface area contributed by atoms with Crippen LogP contribution in [0.15, 0.2) is 48.5 Å². The molecule has 0 heterocycles. The van der Waals surface area contributed by atoms with Crippen LogP contribution >= 0.6 is 0 Å². The fraction of sp³-hybridized carbons (Fsp3) is 0.250. The van der Waals surface area contributed by atoms with Gasteiger partial charge in [-0.2, -0.15) is 0 Å². The summed E-state index contributed by atoms with van der Waals surface area (Å²) in [6.45, 7) is 4.17. The third-order valence-corrected chi connectivity index (χ3v) is 3.06. The minimum Gasteiger partial charge on any atom is -0.384 e. The van der Waals surface area contributed by atoms with E-state index in [4.69, 9.17) is 0 Å². The van der Waals surface area contributed by atoms with E-state index in [1.807, 2.05) is 43.3 Å².